The molecule has 0 amide bonds. The van der Waals surface area contributed by atoms with E-state index in [1.54, 1.807) is 0 Å². The molecule has 20 heavy (non-hydrogen) atoms. The number of carbonyl (C=O) groups excluding carboxylic acids is 1. The maximum atomic E-state index is 13.2. The van der Waals surface area contributed by atoms with Gasteiger partial charge in [-0.25, -0.2) is 0 Å². The van der Waals surface area contributed by atoms with Crippen molar-refractivity contribution in [2.45, 2.75) is 88.9 Å². The van der Waals surface area contributed by atoms with Gasteiger partial charge >= 0.3 is 0 Å². The Morgan fingerprint density at radius 3 is 1.45 bits per heavy atom. The highest BCUT2D eigenvalue weighted by atomic mass is 31.1. The summed E-state index contributed by atoms with van der Waals surface area (Å²) in [6, 6.07) is 0. The summed E-state index contributed by atoms with van der Waals surface area (Å²) in [7, 11) is -0.198. The van der Waals surface area contributed by atoms with Crippen LogP contribution < -0.4 is 0 Å². The molecule has 2 aliphatic heterocycles. The Balaban J connectivity index is 2.14. The highest BCUT2D eigenvalue weighted by Gasteiger charge is 2.46. The topological polar surface area (TPSA) is 17.1 Å². The van der Waals surface area contributed by atoms with Gasteiger partial charge < -0.3 is 0 Å². The number of hydrogen-bond donors (Lipinski definition) is 0. The summed E-state index contributed by atoms with van der Waals surface area (Å²) in [6.07, 6.45) is 7.61. The lowest BCUT2D eigenvalue weighted by Gasteiger charge is -2.37. The molecule has 2 rings (SSSR count). The zero-order chi connectivity index (χ0) is 15.1. The predicted molar refractivity (Wildman–Crippen MR) is 94.1 cm³/mol. The summed E-state index contributed by atoms with van der Waals surface area (Å²) >= 11 is 0. The molecule has 0 spiro atoms. The fourth-order valence-electron chi connectivity index (χ4n) is 3.95. The third kappa shape index (κ3) is 3.47. The molecular weight excluding hydrogens is 282 g/mol. The van der Waals surface area contributed by atoms with Crippen LogP contribution in [0, 0.1) is 0 Å². The summed E-state index contributed by atoms with van der Waals surface area (Å²) in [5.41, 5.74) is 0.862. The van der Waals surface area contributed by atoms with Crippen molar-refractivity contribution >= 4 is 21.6 Å². The highest BCUT2D eigenvalue weighted by molar-refractivity contribution is 7.63. The van der Waals surface area contributed by atoms with Crippen LogP contribution in [-0.2, 0) is 4.79 Å². The lowest BCUT2D eigenvalue weighted by Crippen LogP contribution is -2.33. The van der Waals surface area contributed by atoms with Crippen LogP contribution in [0.3, 0.4) is 0 Å². The predicted octanol–water partition coefficient (Wildman–Crippen LogP) is 5.44. The summed E-state index contributed by atoms with van der Waals surface area (Å²) < 4.78 is 0. The fraction of sp³-hybridized carbons (Fsp3) is 0.941. The minimum absolute atomic E-state index is 0.0992. The van der Waals surface area contributed by atoms with E-state index in [1.165, 1.54) is 38.0 Å². The molecular formula is C17H32OP2. The number of Topliss-reactive ketones (excluding diaryl/α,β-unsaturated/α-hetero) is 1. The molecule has 0 bridgehead atoms. The molecule has 2 saturated heterocycles. The molecule has 3 heteroatoms. The Kier molecular flexibility index (Phi) is 5.04. The van der Waals surface area contributed by atoms with Crippen molar-refractivity contribution in [1.82, 2.24) is 0 Å². The van der Waals surface area contributed by atoms with E-state index in [1.807, 2.05) is 0 Å². The SMILES string of the molecule is CC(C)(C)[P@]1CCC[C@@H]1C(=O)[C@H]1CCC[P@@]1C(C)(C)C. The van der Waals surface area contributed by atoms with Crippen molar-refractivity contribution < 1.29 is 4.79 Å². The molecule has 0 aliphatic carbocycles. The molecule has 0 aromatic heterocycles. The Labute approximate surface area is 128 Å². The first-order valence-corrected chi connectivity index (χ1v) is 11.4. The highest BCUT2D eigenvalue weighted by Crippen LogP contribution is 2.64. The van der Waals surface area contributed by atoms with Crippen LogP contribution in [0.4, 0.5) is 0 Å². The Hall–Kier alpha value is 0.530. The zero-order valence-electron chi connectivity index (χ0n) is 14.2. The summed E-state index contributed by atoms with van der Waals surface area (Å²) in [5.74, 6) is 0.682. The molecule has 0 unspecified atom stereocenters. The monoisotopic (exact) mass is 314 g/mol. The van der Waals surface area contributed by atoms with Crippen LogP contribution >= 0.6 is 15.8 Å². The van der Waals surface area contributed by atoms with E-state index in [4.69, 9.17) is 0 Å². The minimum atomic E-state index is -0.0992. The van der Waals surface area contributed by atoms with Crippen LogP contribution in [0.1, 0.15) is 67.2 Å². The maximum absolute atomic E-state index is 13.2. The van der Waals surface area contributed by atoms with E-state index in [9.17, 15) is 4.79 Å². The van der Waals surface area contributed by atoms with E-state index in [2.05, 4.69) is 41.5 Å². The van der Waals surface area contributed by atoms with Crippen LogP contribution in [0.2, 0.25) is 0 Å². The van der Waals surface area contributed by atoms with Gasteiger partial charge in [0.25, 0.3) is 0 Å². The second kappa shape index (κ2) is 5.96. The number of ketones is 1. The van der Waals surface area contributed by atoms with Gasteiger partial charge in [0.15, 0.2) is 0 Å². The number of rotatable bonds is 2. The lowest BCUT2D eigenvalue weighted by atomic mass is 10.1. The van der Waals surface area contributed by atoms with Gasteiger partial charge in [0.05, 0.1) is 0 Å². The molecule has 2 heterocycles. The first-order valence-electron chi connectivity index (χ1n) is 8.19. The normalized spacial score (nSPS) is 35.5. The molecule has 0 aromatic carbocycles. The molecule has 0 N–H and O–H groups in total. The van der Waals surface area contributed by atoms with Gasteiger partial charge in [-0.05, 0) is 48.3 Å². The average molecular weight is 314 g/mol. The molecule has 1 nitrogen and oxygen atoms in total. The van der Waals surface area contributed by atoms with E-state index in [0.29, 0.717) is 27.4 Å². The fourth-order valence-corrected chi connectivity index (χ4v) is 10.9. The summed E-state index contributed by atoms with van der Waals surface area (Å²) in [4.78, 5) is 13.2. The van der Waals surface area contributed by atoms with Crippen molar-refractivity contribution in [3.05, 3.63) is 0 Å². The van der Waals surface area contributed by atoms with Gasteiger partial charge in [0.2, 0.25) is 0 Å². The van der Waals surface area contributed by atoms with Gasteiger partial charge in [-0.3, -0.25) is 4.79 Å². The molecule has 2 fully saturated rings. The third-order valence-electron chi connectivity index (χ3n) is 4.89. The summed E-state index contributed by atoms with van der Waals surface area (Å²) in [5, 5.41) is 0.713. The first kappa shape index (κ1) is 16.9. The van der Waals surface area contributed by atoms with Gasteiger partial charge in [-0.15, -0.1) is 0 Å². The van der Waals surface area contributed by atoms with E-state index in [0.717, 1.165) is 0 Å². The van der Waals surface area contributed by atoms with Gasteiger partial charge in [-0.2, -0.15) is 0 Å². The van der Waals surface area contributed by atoms with Crippen LogP contribution in [-0.4, -0.2) is 39.7 Å². The molecule has 0 aromatic rings. The second-order valence-electron chi connectivity index (χ2n) is 8.45. The van der Waals surface area contributed by atoms with Crippen LogP contribution in [0.5, 0.6) is 0 Å². The maximum Gasteiger partial charge on any atom is 0.147 e. The van der Waals surface area contributed by atoms with Crippen LogP contribution in [0.25, 0.3) is 0 Å². The van der Waals surface area contributed by atoms with E-state index in [-0.39, 0.29) is 15.8 Å². The van der Waals surface area contributed by atoms with Crippen LogP contribution in [0.15, 0.2) is 0 Å². The van der Waals surface area contributed by atoms with E-state index < -0.39 is 0 Å². The van der Waals surface area contributed by atoms with Crippen molar-refractivity contribution in [2.75, 3.05) is 12.3 Å². The van der Waals surface area contributed by atoms with Gasteiger partial charge in [0.1, 0.15) is 5.78 Å². The second-order valence-corrected chi connectivity index (χ2v) is 15.2. The van der Waals surface area contributed by atoms with Crippen molar-refractivity contribution in [3.63, 3.8) is 0 Å². The molecule has 0 saturated carbocycles. The molecule has 0 radical (unpaired) electrons. The summed E-state index contributed by atoms with van der Waals surface area (Å²) in [6.45, 7) is 14.1. The first-order chi connectivity index (χ1) is 9.12. The van der Waals surface area contributed by atoms with Gasteiger partial charge in [-0.1, -0.05) is 57.4 Å². The largest absolute Gasteiger partial charge is 0.298 e. The minimum Gasteiger partial charge on any atom is -0.298 e. The van der Waals surface area contributed by atoms with E-state index >= 15 is 0 Å². The molecule has 2 aliphatic rings. The van der Waals surface area contributed by atoms with Gasteiger partial charge in [0, 0.05) is 11.3 Å². The average Bonchev–Trinajstić information content (AvgIpc) is 2.95. The van der Waals surface area contributed by atoms with Crippen molar-refractivity contribution in [3.8, 4) is 0 Å². The smallest absolute Gasteiger partial charge is 0.147 e. The lowest BCUT2D eigenvalue weighted by molar-refractivity contribution is -0.118. The number of carbonyl (C=O) groups is 1. The zero-order valence-corrected chi connectivity index (χ0v) is 16.0. The Morgan fingerprint density at radius 1 is 0.800 bits per heavy atom. The molecule has 116 valence electrons. The third-order valence-corrected chi connectivity index (χ3v) is 12.5. The molecule has 4 atom stereocenters. The quantitative estimate of drug-likeness (QED) is 0.620. The van der Waals surface area contributed by atoms with Crippen molar-refractivity contribution in [1.29, 1.82) is 0 Å². The Bertz CT molecular complexity index is 330. The Morgan fingerprint density at radius 2 is 1.15 bits per heavy atom. The number of hydrogen-bond acceptors (Lipinski definition) is 1. The standard InChI is InChI=1S/C17H32OP2/c1-16(2,3)19-11-7-9-13(19)15(18)14-10-8-12-20(14)17(4,5)6/h13-14H,7-12H2,1-6H3/t13-,14-,19-,20-/m1/s1. The van der Waals surface area contributed by atoms with Crippen molar-refractivity contribution in [2.24, 2.45) is 0 Å².